The Morgan fingerprint density at radius 1 is 0.400 bits per heavy atom. The lowest BCUT2D eigenvalue weighted by Crippen LogP contribution is -2.47. The van der Waals surface area contributed by atoms with Crippen molar-refractivity contribution in [3.05, 3.63) is 0 Å². The summed E-state index contributed by atoms with van der Waals surface area (Å²) in [5, 5.41) is 0. The second kappa shape index (κ2) is 13.1. The molecule has 0 aromatic heterocycles. The zero-order chi connectivity index (χ0) is 23.7. The van der Waals surface area contributed by atoms with Gasteiger partial charge in [0.05, 0.1) is 0 Å². The molecule has 0 aromatic rings. The molecule has 0 amide bonds. The summed E-state index contributed by atoms with van der Waals surface area (Å²) in [6.07, 6.45) is 0. The van der Waals surface area contributed by atoms with Crippen molar-refractivity contribution in [2.45, 2.75) is 136 Å². The van der Waals surface area contributed by atoms with Crippen molar-refractivity contribution < 1.29 is 16.9 Å². The first-order valence-corrected chi connectivity index (χ1v) is 25.1. The molecule has 0 bridgehead atoms. The lowest BCUT2D eigenvalue weighted by molar-refractivity contribution is 0.244. The summed E-state index contributed by atoms with van der Waals surface area (Å²) in [6, 6.07) is 9.76. The molecular formula is C21H54O4PSi4. The van der Waals surface area contributed by atoms with Gasteiger partial charge in [-0.2, -0.15) is 0 Å². The molecule has 9 heteroatoms. The van der Waals surface area contributed by atoms with Crippen LogP contribution >= 0.6 is 8.17 Å². The van der Waals surface area contributed by atoms with Gasteiger partial charge in [0.25, 0.3) is 0 Å². The zero-order valence-electron chi connectivity index (χ0n) is 22.4. The Bertz CT molecular complexity index is 396. The minimum Gasteiger partial charge on any atom is -0.343 e. The summed E-state index contributed by atoms with van der Waals surface area (Å²) in [4.78, 5) is 0. The highest BCUT2D eigenvalue weighted by atomic mass is 31.2. The fourth-order valence-electron chi connectivity index (χ4n) is 3.99. The lowest BCUT2D eigenvalue weighted by atomic mass is 10.9. The molecule has 0 saturated heterocycles. The van der Waals surface area contributed by atoms with Crippen LogP contribution in [0.3, 0.4) is 0 Å². The van der Waals surface area contributed by atoms with Gasteiger partial charge in [-0.05, 0) is 74.0 Å². The van der Waals surface area contributed by atoms with Gasteiger partial charge in [-0.1, -0.05) is 62.3 Å². The maximum Gasteiger partial charge on any atom is 0.339 e. The molecule has 0 N–H and O–H groups in total. The molecule has 183 valence electrons. The van der Waals surface area contributed by atoms with Crippen molar-refractivity contribution in [1.82, 2.24) is 0 Å². The number of hydrogen-bond acceptors (Lipinski definition) is 4. The smallest absolute Gasteiger partial charge is 0.339 e. The van der Waals surface area contributed by atoms with E-state index >= 15 is 0 Å². The van der Waals surface area contributed by atoms with Crippen LogP contribution in [0.5, 0.6) is 0 Å². The van der Waals surface area contributed by atoms with E-state index in [0.29, 0.717) is 0 Å². The summed E-state index contributed by atoms with van der Waals surface area (Å²) in [6.45, 7) is 27.4. The van der Waals surface area contributed by atoms with Crippen LogP contribution in [-0.4, -0.2) is 33.3 Å². The summed E-state index contributed by atoms with van der Waals surface area (Å²) >= 11 is 0. The Labute approximate surface area is 194 Å². The van der Waals surface area contributed by atoms with Crippen LogP contribution in [0, 0.1) is 0 Å². The highest BCUT2D eigenvalue weighted by Crippen LogP contribution is 2.71. The molecule has 4 nitrogen and oxygen atoms in total. The average Bonchev–Trinajstić information content (AvgIpc) is 2.73. The van der Waals surface area contributed by atoms with Crippen LogP contribution in [-0.2, 0) is 16.9 Å². The minimum absolute atomic E-state index is 1.08. The largest absolute Gasteiger partial charge is 0.343 e. The molecule has 0 atom stereocenters. The predicted molar refractivity (Wildman–Crippen MR) is 146 cm³/mol. The second-order valence-corrected chi connectivity index (χ2v) is 31.2. The number of hydrogen-bond donors (Lipinski definition) is 0. The molecule has 0 aromatic carbocycles. The Morgan fingerprint density at radius 2 is 0.600 bits per heavy atom. The third-order valence-electron chi connectivity index (χ3n) is 7.10. The van der Waals surface area contributed by atoms with E-state index in [9.17, 15) is 0 Å². The van der Waals surface area contributed by atoms with Gasteiger partial charge in [0.2, 0.25) is 25.0 Å². The number of rotatable bonds is 17. The molecular weight excluding hydrogens is 460 g/mol. The summed E-state index contributed by atoms with van der Waals surface area (Å²) in [7, 11) is -10.8. The van der Waals surface area contributed by atoms with Crippen LogP contribution < -0.4 is 0 Å². The first kappa shape index (κ1) is 31.1. The summed E-state index contributed by atoms with van der Waals surface area (Å²) in [5.41, 5.74) is 0. The van der Waals surface area contributed by atoms with E-state index in [1.165, 1.54) is 0 Å². The van der Waals surface area contributed by atoms with Gasteiger partial charge in [-0.25, -0.2) is 0 Å². The molecule has 30 heavy (non-hydrogen) atoms. The Balaban J connectivity index is 6.74. The monoisotopic (exact) mass is 513 g/mol. The highest BCUT2D eigenvalue weighted by molar-refractivity contribution is 7.62. The van der Waals surface area contributed by atoms with E-state index < -0.39 is 41.4 Å². The lowest BCUT2D eigenvalue weighted by Gasteiger charge is -2.51. The van der Waals surface area contributed by atoms with Gasteiger partial charge in [0, 0.05) is 0 Å². The Kier molecular flexibility index (Phi) is 13.6. The molecule has 0 rings (SSSR count). The molecule has 1 radical (unpaired) electrons. The van der Waals surface area contributed by atoms with E-state index in [1.54, 1.807) is 0 Å². The molecule has 0 heterocycles. The van der Waals surface area contributed by atoms with Crippen molar-refractivity contribution in [3.63, 3.8) is 0 Å². The fraction of sp³-hybridized carbons (Fsp3) is 1.00. The Hall–Kier alpha value is 1.14. The summed E-state index contributed by atoms with van der Waals surface area (Å²) in [5.74, 6) is 0. The summed E-state index contributed by atoms with van der Waals surface area (Å²) < 4.78 is 28.8. The quantitative estimate of drug-likeness (QED) is 0.143. The van der Waals surface area contributed by atoms with E-state index in [4.69, 9.17) is 16.9 Å². The third kappa shape index (κ3) is 8.49. The second-order valence-electron chi connectivity index (χ2n) is 9.66. The van der Waals surface area contributed by atoms with E-state index in [0.717, 1.165) is 54.4 Å². The molecule has 0 spiro atoms. The van der Waals surface area contributed by atoms with Crippen LogP contribution in [0.25, 0.3) is 0 Å². The SMILES string of the molecule is CC[Si](CC)(CC)O[P](O[Si](C)(C)C)(O[Si](CC)(CC)CC)O[Si](CC)(CC)CC. The van der Waals surface area contributed by atoms with Gasteiger partial charge < -0.3 is 16.9 Å². The van der Waals surface area contributed by atoms with E-state index in [2.05, 4.69) is 82.0 Å². The van der Waals surface area contributed by atoms with Gasteiger partial charge in [0.1, 0.15) is 0 Å². The third-order valence-corrected chi connectivity index (χ3v) is 29.1. The molecule has 0 saturated carbocycles. The van der Waals surface area contributed by atoms with Gasteiger partial charge in [0.15, 0.2) is 8.32 Å². The van der Waals surface area contributed by atoms with Crippen molar-refractivity contribution in [1.29, 1.82) is 0 Å². The molecule has 0 aliphatic heterocycles. The molecule has 0 fully saturated rings. The molecule has 0 aliphatic carbocycles. The molecule has 0 unspecified atom stereocenters. The van der Waals surface area contributed by atoms with Crippen LogP contribution in [0.15, 0.2) is 0 Å². The van der Waals surface area contributed by atoms with E-state index in [1.807, 2.05) is 0 Å². The maximum absolute atomic E-state index is 7.26. The maximum atomic E-state index is 7.26. The zero-order valence-corrected chi connectivity index (χ0v) is 27.3. The van der Waals surface area contributed by atoms with Crippen molar-refractivity contribution >= 4 is 41.4 Å². The first-order chi connectivity index (χ1) is 13.9. The van der Waals surface area contributed by atoms with Crippen molar-refractivity contribution in [2.75, 3.05) is 0 Å². The topological polar surface area (TPSA) is 36.9 Å². The van der Waals surface area contributed by atoms with E-state index in [-0.39, 0.29) is 0 Å². The Morgan fingerprint density at radius 3 is 0.733 bits per heavy atom. The standard InChI is InChI=1S/C21H54O4PSi4/c1-13-28(14-2,15-3)23-26(22-27(10,11)12,24-29(16-4,17-5)18-6)25-30(19-7,20-8)21-9/h13-21H2,1-12H3. The van der Waals surface area contributed by atoms with Gasteiger partial charge in [-0.15, -0.1) is 0 Å². The fourth-order valence-corrected chi connectivity index (χ4v) is 24.4. The van der Waals surface area contributed by atoms with Crippen LogP contribution in [0.1, 0.15) is 62.3 Å². The van der Waals surface area contributed by atoms with Gasteiger partial charge >= 0.3 is 8.17 Å². The minimum atomic E-state index is -2.88. The first-order valence-electron chi connectivity index (χ1n) is 12.6. The molecule has 0 aliphatic rings. The van der Waals surface area contributed by atoms with Crippen LogP contribution in [0.2, 0.25) is 74.0 Å². The van der Waals surface area contributed by atoms with Crippen molar-refractivity contribution in [2.24, 2.45) is 0 Å². The average molecular weight is 514 g/mol. The van der Waals surface area contributed by atoms with Crippen molar-refractivity contribution in [3.8, 4) is 0 Å². The normalized spacial score (nSPS) is 14.4. The van der Waals surface area contributed by atoms with Crippen LogP contribution in [0.4, 0.5) is 0 Å². The van der Waals surface area contributed by atoms with Gasteiger partial charge in [-0.3, -0.25) is 0 Å². The highest BCUT2D eigenvalue weighted by Gasteiger charge is 2.54. The predicted octanol–water partition coefficient (Wildman–Crippen LogP) is 9.58.